The van der Waals surface area contributed by atoms with Crippen molar-refractivity contribution in [1.82, 2.24) is 5.32 Å². The number of alkyl carbamates (subject to hydrolysis) is 1. The molecule has 0 saturated carbocycles. The molecule has 0 aliphatic heterocycles. The lowest BCUT2D eigenvalue weighted by Crippen LogP contribution is -2.32. The van der Waals surface area contributed by atoms with Gasteiger partial charge in [-0.25, -0.2) is 4.79 Å². The molecule has 2 aromatic carbocycles. The fraction of sp³-hybridized carbons (Fsp3) is 0.333. The van der Waals surface area contributed by atoms with E-state index in [4.69, 9.17) is 14.2 Å². The molecule has 0 aromatic heterocycles. The smallest absolute Gasteiger partial charge is 0.407 e. The number of benzene rings is 2. The number of ether oxygens (including phenoxy) is 3. The van der Waals surface area contributed by atoms with Gasteiger partial charge in [-0.05, 0) is 11.1 Å². The zero-order valence-corrected chi connectivity index (χ0v) is 15.6. The van der Waals surface area contributed by atoms with E-state index in [1.165, 1.54) is 0 Å². The van der Waals surface area contributed by atoms with Crippen LogP contribution in [-0.2, 0) is 32.2 Å². The molecule has 0 spiro atoms. The molecule has 0 heterocycles. The first kappa shape index (κ1) is 21.4. The topological polar surface area (TPSA) is 94.1 Å². The monoisotopic (exact) mass is 387 g/mol. The third-order valence-electron chi connectivity index (χ3n) is 3.77. The summed E-state index contributed by atoms with van der Waals surface area (Å²) in [7, 11) is 0. The molecule has 1 amide bonds. The summed E-state index contributed by atoms with van der Waals surface area (Å²) < 4.78 is 15.6. The summed E-state index contributed by atoms with van der Waals surface area (Å²) in [5, 5.41) is 11.8. The van der Waals surface area contributed by atoms with Crippen LogP contribution in [0.4, 0.5) is 4.79 Å². The van der Waals surface area contributed by atoms with E-state index >= 15 is 0 Å². The van der Waals surface area contributed by atoms with Crippen LogP contribution in [0, 0.1) is 0 Å². The van der Waals surface area contributed by atoms with Gasteiger partial charge in [0, 0.05) is 6.54 Å². The number of rotatable bonds is 11. The Balaban J connectivity index is 1.56. The van der Waals surface area contributed by atoms with E-state index in [1.807, 2.05) is 60.7 Å². The summed E-state index contributed by atoms with van der Waals surface area (Å²) >= 11 is 0. The molecule has 150 valence electrons. The number of carbonyl (C=O) groups is 2. The van der Waals surface area contributed by atoms with Crippen LogP contribution in [0.15, 0.2) is 60.7 Å². The van der Waals surface area contributed by atoms with Gasteiger partial charge in [-0.1, -0.05) is 60.7 Å². The highest BCUT2D eigenvalue weighted by atomic mass is 16.6. The SMILES string of the molecule is O=C(CCNC(=O)OCC(CO)OCc1ccccc1)OCc1ccccc1. The Morgan fingerprint density at radius 2 is 1.50 bits per heavy atom. The van der Waals surface area contributed by atoms with Gasteiger partial charge in [-0.3, -0.25) is 4.79 Å². The molecular weight excluding hydrogens is 362 g/mol. The fourth-order valence-electron chi connectivity index (χ4n) is 2.24. The average molecular weight is 387 g/mol. The van der Waals surface area contributed by atoms with E-state index in [0.717, 1.165) is 11.1 Å². The second-order valence-corrected chi connectivity index (χ2v) is 6.02. The van der Waals surface area contributed by atoms with Gasteiger partial charge in [0.25, 0.3) is 0 Å². The van der Waals surface area contributed by atoms with Crippen LogP contribution in [-0.4, -0.2) is 43.0 Å². The second-order valence-electron chi connectivity index (χ2n) is 6.02. The van der Waals surface area contributed by atoms with Crippen molar-refractivity contribution >= 4 is 12.1 Å². The van der Waals surface area contributed by atoms with Crippen molar-refractivity contribution in [3.05, 3.63) is 71.8 Å². The van der Waals surface area contributed by atoms with Gasteiger partial charge >= 0.3 is 12.1 Å². The summed E-state index contributed by atoms with van der Waals surface area (Å²) in [4.78, 5) is 23.3. The number of hydrogen-bond acceptors (Lipinski definition) is 6. The van der Waals surface area contributed by atoms with Crippen LogP contribution >= 0.6 is 0 Å². The molecule has 2 aromatic rings. The predicted molar refractivity (Wildman–Crippen MR) is 102 cm³/mol. The van der Waals surface area contributed by atoms with Gasteiger partial charge in [0.15, 0.2) is 0 Å². The molecule has 1 unspecified atom stereocenters. The van der Waals surface area contributed by atoms with Gasteiger partial charge in [0.05, 0.1) is 19.6 Å². The molecule has 7 nitrogen and oxygen atoms in total. The number of amides is 1. The van der Waals surface area contributed by atoms with Crippen LogP contribution < -0.4 is 5.32 Å². The molecule has 0 fully saturated rings. The maximum atomic E-state index is 11.7. The van der Waals surface area contributed by atoms with Crippen molar-refractivity contribution < 1.29 is 28.9 Å². The Morgan fingerprint density at radius 3 is 2.11 bits per heavy atom. The second kappa shape index (κ2) is 12.5. The number of carbonyl (C=O) groups excluding carboxylic acids is 2. The molecular formula is C21H25NO6. The quantitative estimate of drug-likeness (QED) is 0.575. The molecule has 0 aliphatic rings. The van der Waals surface area contributed by atoms with Crippen molar-refractivity contribution in [2.24, 2.45) is 0 Å². The van der Waals surface area contributed by atoms with Crippen LogP contribution in [0.3, 0.4) is 0 Å². The number of aliphatic hydroxyl groups excluding tert-OH is 1. The average Bonchev–Trinajstić information content (AvgIpc) is 2.74. The minimum absolute atomic E-state index is 0.0376. The molecule has 0 aliphatic carbocycles. The van der Waals surface area contributed by atoms with E-state index < -0.39 is 18.2 Å². The molecule has 2 N–H and O–H groups in total. The lowest BCUT2D eigenvalue weighted by molar-refractivity contribution is -0.144. The van der Waals surface area contributed by atoms with Crippen LogP contribution in [0.2, 0.25) is 0 Å². The van der Waals surface area contributed by atoms with Gasteiger partial charge in [-0.2, -0.15) is 0 Å². The Hall–Kier alpha value is -2.90. The van der Waals surface area contributed by atoms with Crippen molar-refractivity contribution in [2.75, 3.05) is 19.8 Å². The highest BCUT2D eigenvalue weighted by Crippen LogP contribution is 2.04. The van der Waals surface area contributed by atoms with E-state index in [1.54, 1.807) is 0 Å². The van der Waals surface area contributed by atoms with Gasteiger partial charge in [-0.15, -0.1) is 0 Å². The zero-order valence-electron chi connectivity index (χ0n) is 15.6. The molecule has 1 atom stereocenters. The molecule has 0 saturated heterocycles. The standard InChI is InChI=1S/C21H25NO6/c23-13-19(26-14-17-7-3-1-4-8-17)16-28-21(25)22-12-11-20(24)27-15-18-9-5-2-6-10-18/h1-10,19,23H,11-16H2,(H,22,25). The minimum Gasteiger partial charge on any atom is -0.461 e. The van der Waals surface area contributed by atoms with Crippen molar-refractivity contribution in [2.45, 2.75) is 25.7 Å². The number of esters is 1. The lowest BCUT2D eigenvalue weighted by atomic mass is 10.2. The third kappa shape index (κ3) is 8.66. The maximum absolute atomic E-state index is 11.7. The predicted octanol–water partition coefficient (Wildman–Crippen LogP) is 2.42. The normalized spacial score (nSPS) is 11.5. The number of hydrogen-bond donors (Lipinski definition) is 2. The maximum Gasteiger partial charge on any atom is 0.407 e. The van der Waals surface area contributed by atoms with Gasteiger partial charge < -0.3 is 24.6 Å². The van der Waals surface area contributed by atoms with Crippen LogP contribution in [0.5, 0.6) is 0 Å². The highest BCUT2D eigenvalue weighted by Gasteiger charge is 2.12. The van der Waals surface area contributed by atoms with Crippen LogP contribution in [0.1, 0.15) is 17.5 Å². The van der Waals surface area contributed by atoms with Crippen molar-refractivity contribution in [3.63, 3.8) is 0 Å². The van der Waals surface area contributed by atoms with Gasteiger partial charge in [0.1, 0.15) is 19.3 Å². The highest BCUT2D eigenvalue weighted by molar-refractivity contribution is 5.71. The summed E-state index contributed by atoms with van der Waals surface area (Å²) in [6, 6.07) is 18.8. The molecule has 0 radical (unpaired) electrons. The van der Waals surface area contributed by atoms with Crippen molar-refractivity contribution in [1.29, 1.82) is 0 Å². The van der Waals surface area contributed by atoms with E-state index in [-0.39, 0.29) is 32.8 Å². The van der Waals surface area contributed by atoms with E-state index in [0.29, 0.717) is 6.61 Å². The summed E-state index contributed by atoms with van der Waals surface area (Å²) in [6.45, 7) is 0.242. The first-order valence-corrected chi connectivity index (χ1v) is 9.04. The fourth-order valence-corrected chi connectivity index (χ4v) is 2.24. The summed E-state index contributed by atoms with van der Waals surface area (Å²) in [6.07, 6.45) is -1.27. The van der Waals surface area contributed by atoms with E-state index in [2.05, 4.69) is 5.32 Å². The summed E-state index contributed by atoms with van der Waals surface area (Å²) in [5.41, 5.74) is 1.85. The largest absolute Gasteiger partial charge is 0.461 e. The third-order valence-corrected chi connectivity index (χ3v) is 3.77. The zero-order chi connectivity index (χ0) is 20.0. The Kier molecular flexibility index (Phi) is 9.54. The Labute approximate surface area is 164 Å². The van der Waals surface area contributed by atoms with Crippen LogP contribution in [0.25, 0.3) is 0 Å². The first-order chi connectivity index (χ1) is 13.7. The Morgan fingerprint density at radius 1 is 0.893 bits per heavy atom. The number of nitrogens with one attached hydrogen (secondary N) is 1. The lowest BCUT2D eigenvalue weighted by Gasteiger charge is -2.16. The first-order valence-electron chi connectivity index (χ1n) is 9.04. The molecule has 2 rings (SSSR count). The molecule has 28 heavy (non-hydrogen) atoms. The van der Waals surface area contributed by atoms with E-state index in [9.17, 15) is 14.7 Å². The number of aliphatic hydroxyl groups is 1. The minimum atomic E-state index is -0.683. The molecule has 7 heteroatoms. The van der Waals surface area contributed by atoms with Crippen molar-refractivity contribution in [3.8, 4) is 0 Å². The van der Waals surface area contributed by atoms with Gasteiger partial charge in [0.2, 0.25) is 0 Å². The Bertz CT molecular complexity index is 707. The summed E-state index contributed by atoms with van der Waals surface area (Å²) in [5.74, 6) is -0.413. The molecule has 0 bridgehead atoms.